The van der Waals surface area contributed by atoms with Crippen molar-refractivity contribution in [2.24, 2.45) is 0 Å². The molecule has 1 saturated heterocycles. The summed E-state index contributed by atoms with van der Waals surface area (Å²) in [7, 11) is 1.48. The number of anilines is 2. The quantitative estimate of drug-likeness (QED) is 0.0306. The smallest absolute Gasteiger partial charge is 0.255 e. The van der Waals surface area contributed by atoms with Gasteiger partial charge in [0.25, 0.3) is 11.8 Å². The van der Waals surface area contributed by atoms with Gasteiger partial charge >= 0.3 is 0 Å². The van der Waals surface area contributed by atoms with Crippen molar-refractivity contribution in [2.75, 3.05) is 63.8 Å². The lowest BCUT2D eigenvalue weighted by atomic mass is 9.87. The molecule has 0 bridgehead atoms. The standard InChI is InChI=1S/C50H59FN10O8/c1-52-47(65)43(13-7-24-62)61-32-40-39(48(61)66)11-6-12-42(40)56-44(63)33-68-27-8-26-67-25-3-2-4-28-69-38-14-15-41(51)36(30-38)31-55-46(64)35-9-5-10-37(29-35)58-50(18-22-54-23-19-50)49-57-45(59-60-49)34-16-20-53-21-17-34/h5-6,9-12,14-17,20-21,24,29-30,43,54,58H,2-4,7-8,13,18-19,22-23,25-28,31-33H2,1H3,(H,52,65)(H,55,64)(H,56,63)(H,57,59,60). The van der Waals surface area contributed by atoms with Gasteiger partial charge in [-0.3, -0.25) is 29.3 Å². The molecule has 2 aromatic heterocycles. The van der Waals surface area contributed by atoms with Crippen molar-refractivity contribution in [3.8, 4) is 17.1 Å². The fraction of sp³-hybridized carbons (Fsp3) is 0.400. The van der Waals surface area contributed by atoms with E-state index in [-0.39, 0.29) is 56.2 Å². The summed E-state index contributed by atoms with van der Waals surface area (Å²) in [6.07, 6.45) is 8.98. The zero-order valence-corrected chi connectivity index (χ0v) is 38.7. The predicted octanol–water partition coefficient (Wildman–Crippen LogP) is 5.29. The van der Waals surface area contributed by atoms with Crippen LogP contribution in [0.2, 0.25) is 0 Å². The highest BCUT2D eigenvalue weighted by molar-refractivity contribution is 6.04. The first-order valence-corrected chi connectivity index (χ1v) is 23.3. The van der Waals surface area contributed by atoms with Gasteiger partial charge < -0.3 is 50.5 Å². The predicted molar refractivity (Wildman–Crippen MR) is 255 cm³/mol. The highest BCUT2D eigenvalue weighted by atomic mass is 19.1. The number of aromatic amines is 1. The van der Waals surface area contributed by atoms with E-state index in [1.165, 1.54) is 18.0 Å². The number of rotatable bonds is 26. The van der Waals surface area contributed by atoms with Gasteiger partial charge in [-0.25, -0.2) is 9.37 Å². The average molecular weight is 947 g/mol. The molecular weight excluding hydrogens is 888 g/mol. The third kappa shape index (κ3) is 13.3. The van der Waals surface area contributed by atoms with Gasteiger partial charge in [0.1, 0.15) is 30.5 Å². The number of hydrogen-bond acceptors (Lipinski definition) is 13. The Kier molecular flexibility index (Phi) is 17.9. The molecule has 1 unspecified atom stereocenters. The Hall–Kier alpha value is -7.09. The van der Waals surface area contributed by atoms with Crippen molar-refractivity contribution >= 4 is 41.3 Å². The first-order chi connectivity index (χ1) is 33.7. The Morgan fingerprint density at radius 2 is 1.71 bits per heavy atom. The number of aldehydes is 1. The summed E-state index contributed by atoms with van der Waals surface area (Å²) in [5.41, 5.74) is 3.28. The second kappa shape index (κ2) is 24.8. The van der Waals surface area contributed by atoms with E-state index in [0.717, 1.165) is 56.4 Å². The number of benzene rings is 3. The Morgan fingerprint density at radius 3 is 2.52 bits per heavy atom. The average Bonchev–Trinajstić information content (AvgIpc) is 4.01. The number of amides is 4. The van der Waals surface area contributed by atoms with Crippen LogP contribution in [0, 0.1) is 5.82 Å². The zero-order chi connectivity index (χ0) is 48.4. The maximum absolute atomic E-state index is 14.9. The van der Waals surface area contributed by atoms with Crippen LogP contribution in [0.4, 0.5) is 15.8 Å². The summed E-state index contributed by atoms with van der Waals surface area (Å²) in [5, 5.41) is 22.9. The van der Waals surface area contributed by atoms with E-state index < -0.39 is 17.4 Å². The highest BCUT2D eigenvalue weighted by Crippen LogP contribution is 2.35. The molecule has 0 spiro atoms. The minimum absolute atomic E-state index is 0.0214. The minimum atomic E-state index is -0.803. The lowest BCUT2D eigenvalue weighted by Gasteiger charge is -2.37. The third-order valence-corrected chi connectivity index (χ3v) is 12.1. The number of nitrogens with one attached hydrogen (secondary N) is 6. The van der Waals surface area contributed by atoms with E-state index in [1.54, 1.807) is 54.9 Å². The van der Waals surface area contributed by atoms with Crippen LogP contribution >= 0.6 is 0 Å². The number of piperidine rings is 1. The van der Waals surface area contributed by atoms with Crippen LogP contribution in [0.25, 0.3) is 11.4 Å². The molecule has 0 radical (unpaired) electrons. The van der Waals surface area contributed by atoms with Crippen molar-refractivity contribution in [3.05, 3.63) is 119 Å². The van der Waals surface area contributed by atoms with Crippen molar-refractivity contribution in [2.45, 2.75) is 76.0 Å². The van der Waals surface area contributed by atoms with Gasteiger partial charge in [0.2, 0.25) is 11.8 Å². The summed E-state index contributed by atoms with van der Waals surface area (Å²) in [6.45, 7) is 3.25. The number of aromatic nitrogens is 4. The van der Waals surface area contributed by atoms with Crippen molar-refractivity contribution in [3.63, 3.8) is 0 Å². The van der Waals surface area contributed by atoms with Crippen LogP contribution in [0.3, 0.4) is 0 Å². The molecule has 3 aromatic carbocycles. The first kappa shape index (κ1) is 49.8. The number of unbranched alkanes of at least 4 members (excludes halogenated alkanes) is 2. The number of hydrogen-bond donors (Lipinski definition) is 6. The summed E-state index contributed by atoms with van der Waals surface area (Å²) in [6, 6.07) is 19.7. The number of nitrogens with zero attached hydrogens (tertiary/aromatic N) is 4. The fourth-order valence-corrected chi connectivity index (χ4v) is 8.38. The van der Waals surface area contributed by atoms with Gasteiger partial charge in [0.15, 0.2) is 11.6 Å². The van der Waals surface area contributed by atoms with E-state index in [0.29, 0.717) is 84.5 Å². The SMILES string of the molecule is CNC(=O)C(CCC=O)N1Cc2c(NC(=O)COCCCOCCCCCOc3ccc(F)c(CNC(=O)c4cccc(NC5(c6nc(-c7ccncc7)n[nH]6)CCNCC5)c4)c3)cccc2C1=O. The van der Waals surface area contributed by atoms with Gasteiger partial charge in [-0.05, 0) is 119 Å². The Morgan fingerprint density at radius 1 is 0.928 bits per heavy atom. The zero-order valence-electron chi connectivity index (χ0n) is 38.7. The molecule has 364 valence electrons. The summed E-state index contributed by atoms with van der Waals surface area (Å²) in [5.74, 6) is -0.0493. The van der Waals surface area contributed by atoms with E-state index in [1.807, 2.05) is 24.3 Å². The Bertz CT molecular complexity index is 2540. The first-order valence-electron chi connectivity index (χ1n) is 23.3. The summed E-state index contributed by atoms with van der Waals surface area (Å²) < 4.78 is 32.1. The third-order valence-electron chi connectivity index (χ3n) is 12.1. The number of halogens is 1. The molecular formula is C50H59FN10O8. The number of carbonyl (C=O) groups excluding carboxylic acids is 5. The number of ether oxygens (including phenoxy) is 3. The van der Waals surface area contributed by atoms with Gasteiger partial charge in [0.05, 0.1) is 12.1 Å². The minimum Gasteiger partial charge on any atom is -0.494 e. The molecule has 2 aliphatic heterocycles. The molecule has 4 amide bonds. The Balaban J connectivity index is 0.763. The van der Waals surface area contributed by atoms with Crippen LogP contribution in [0.15, 0.2) is 85.2 Å². The second-order valence-corrected chi connectivity index (χ2v) is 16.8. The van der Waals surface area contributed by atoms with Crippen molar-refractivity contribution in [1.29, 1.82) is 0 Å². The molecule has 5 aromatic rings. The van der Waals surface area contributed by atoms with E-state index >= 15 is 0 Å². The molecule has 6 N–H and O–H groups in total. The van der Waals surface area contributed by atoms with Crippen LogP contribution in [-0.4, -0.2) is 114 Å². The fourth-order valence-electron chi connectivity index (χ4n) is 8.38. The maximum atomic E-state index is 14.9. The molecule has 2 aliphatic rings. The molecule has 1 atom stereocenters. The normalized spacial score (nSPS) is 14.4. The summed E-state index contributed by atoms with van der Waals surface area (Å²) >= 11 is 0. The number of fused-ring (bicyclic) bond motifs is 1. The van der Waals surface area contributed by atoms with Gasteiger partial charge in [0, 0.05) is 98.0 Å². The maximum Gasteiger partial charge on any atom is 0.255 e. The Labute approximate surface area is 399 Å². The molecule has 4 heterocycles. The lowest BCUT2D eigenvalue weighted by Crippen LogP contribution is -2.46. The van der Waals surface area contributed by atoms with E-state index in [2.05, 4.69) is 41.8 Å². The molecule has 7 rings (SSSR count). The van der Waals surface area contributed by atoms with Gasteiger partial charge in [-0.2, -0.15) is 5.10 Å². The second-order valence-electron chi connectivity index (χ2n) is 16.8. The van der Waals surface area contributed by atoms with Crippen LogP contribution in [0.1, 0.15) is 89.0 Å². The molecule has 0 aliphatic carbocycles. The number of pyridine rings is 1. The van der Waals surface area contributed by atoms with Crippen LogP contribution < -0.4 is 31.3 Å². The number of likely N-dealkylation sites (N-methyl/N-ethyl adjacent to an activating group) is 1. The highest BCUT2D eigenvalue weighted by Gasteiger charge is 2.38. The van der Waals surface area contributed by atoms with Crippen molar-refractivity contribution in [1.82, 2.24) is 41.0 Å². The van der Waals surface area contributed by atoms with Gasteiger partial charge in [-0.1, -0.05) is 12.1 Å². The molecule has 18 nitrogen and oxygen atoms in total. The van der Waals surface area contributed by atoms with E-state index in [4.69, 9.17) is 19.2 Å². The van der Waals surface area contributed by atoms with E-state index in [9.17, 15) is 28.4 Å². The van der Waals surface area contributed by atoms with Crippen LogP contribution in [-0.2, 0) is 42.5 Å². The largest absolute Gasteiger partial charge is 0.494 e. The molecule has 69 heavy (non-hydrogen) atoms. The number of carbonyl (C=O) groups is 5. The van der Waals surface area contributed by atoms with Crippen molar-refractivity contribution < 1.29 is 42.6 Å². The van der Waals surface area contributed by atoms with Gasteiger partial charge in [-0.15, -0.1) is 0 Å². The summed E-state index contributed by atoms with van der Waals surface area (Å²) in [4.78, 5) is 73.0. The lowest BCUT2D eigenvalue weighted by molar-refractivity contribution is -0.125. The number of H-pyrrole nitrogens is 1. The molecule has 0 saturated carbocycles. The van der Waals surface area contributed by atoms with Crippen LogP contribution in [0.5, 0.6) is 5.75 Å². The topological polar surface area (TPSA) is 231 Å². The monoisotopic (exact) mass is 946 g/mol. The molecule has 1 fully saturated rings. The molecule has 19 heteroatoms.